The van der Waals surface area contributed by atoms with Crippen molar-refractivity contribution >= 4 is 28.5 Å². The maximum Gasteiger partial charge on any atom is 0.573 e. The number of aromatic nitrogens is 2. The van der Waals surface area contributed by atoms with Crippen LogP contribution in [0.5, 0.6) is 5.75 Å². The van der Waals surface area contributed by atoms with Crippen molar-refractivity contribution in [1.82, 2.24) is 14.5 Å². The van der Waals surface area contributed by atoms with Crippen molar-refractivity contribution in [1.29, 1.82) is 0 Å². The van der Waals surface area contributed by atoms with E-state index in [1.54, 1.807) is 42.5 Å². The van der Waals surface area contributed by atoms with E-state index in [1.807, 2.05) is 4.90 Å². The van der Waals surface area contributed by atoms with Gasteiger partial charge in [0.1, 0.15) is 11.9 Å². The average Bonchev–Trinajstić information content (AvgIpc) is 3.84. The maximum absolute atomic E-state index is 13.5. The lowest BCUT2D eigenvalue weighted by Gasteiger charge is -2.34. The summed E-state index contributed by atoms with van der Waals surface area (Å²) in [6.45, 7) is 2.01. The summed E-state index contributed by atoms with van der Waals surface area (Å²) in [6, 6.07) is 15.4. The number of benzene rings is 3. The van der Waals surface area contributed by atoms with Gasteiger partial charge in [0.25, 0.3) is 5.56 Å². The Balaban J connectivity index is 1.32. The van der Waals surface area contributed by atoms with E-state index < -0.39 is 35.1 Å². The molecule has 2 aliphatic rings. The minimum Gasteiger partial charge on any atom is -0.465 e. The van der Waals surface area contributed by atoms with E-state index in [-0.39, 0.29) is 16.8 Å². The number of anilines is 1. The lowest BCUT2D eigenvalue weighted by molar-refractivity contribution is -0.274. The van der Waals surface area contributed by atoms with Crippen LogP contribution in [0, 0.1) is 0 Å². The Hall–Kier alpha value is -4.75. The topological polar surface area (TPSA) is 112 Å². The number of hydrogen-bond donors (Lipinski definition) is 1. The maximum atomic E-state index is 13.5. The largest absolute Gasteiger partial charge is 0.573 e. The molecule has 10 nitrogen and oxygen atoms in total. The van der Waals surface area contributed by atoms with Gasteiger partial charge in [-0.2, -0.15) is 0 Å². The van der Waals surface area contributed by atoms with Gasteiger partial charge in [0.05, 0.1) is 48.2 Å². The molecule has 0 bridgehead atoms. The SMILES string of the molecule is COC(=O)c1ccc(-c2ccc3c(=O)n(-c4ccc(OC(F)(F)F)c(NC(=O)C5(N6CCOCC6)CC5)c4)cnc3c2)cc1. The molecule has 1 saturated heterocycles. The van der Waals surface area contributed by atoms with Gasteiger partial charge in [0.15, 0.2) is 5.75 Å². The molecule has 1 saturated carbocycles. The molecule has 1 amide bonds. The fourth-order valence-corrected chi connectivity index (χ4v) is 5.42. The van der Waals surface area contributed by atoms with E-state index in [0.717, 1.165) is 17.2 Å². The highest BCUT2D eigenvalue weighted by molar-refractivity contribution is 6.01. The van der Waals surface area contributed by atoms with E-state index >= 15 is 0 Å². The molecule has 1 aromatic heterocycles. The molecular weight excluding hydrogens is 581 g/mol. The molecule has 2 heterocycles. The summed E-state index contributed by atoms with van der Waals surface area (Å²) in [4.78, 5) is 45.0. The molecule has 44 heavy (non-hydrogen) atoms. The first-order valence-corrected chi connectivity index (χ1v) is 13.8. The summed E-state index contributed by atoms with van der Waals surface area (Å²) in [5.74, 6) is -1.50. The van der Waals surface area contributed by atoms with Gasteiger partial charge >= 0.3 is 12.3 Å². The molecular formula is C31H27F3N4O6. The zero-order valence-corrected chi connectivity index (χ0v) is 23.5. The molecule has 6 rings (SSSR count). The van der Waals surface area contributed by atoms with Gasteiger partial charge in [-0.15, -0.1) is 13.2 Å². The molecule has 0 spiro atoms. The van der Waals surface area contributed by atoms with Crippen LogP contribution in [0.1, 0.15) is 23.2 Å². The Morgan fingerprint density at radius 2 is 1.68 bits per heavy atom. The van der Waals surface area contributed by atoms with Crippen LogP contribution in [0.4, 0.5) is 18.9 Å². The molecule has 228 valence electrons. The van der Waals surface area contributed by atoms with Gasteiger partial charge in [-0.25, -0.2) is 9.78 Å². The van der Waals surface area contributed by atoms with Crippen LogP contribution in [0.15, 0.2) is 71.8 Å². The molecule has 1 aliphatic carbocycles. The molecule has 3 aromatic carbocycles. The van der Waals surface area contributed by atoms with Crippen LogP contribution in [0.25, 0.3) is 27.7 Å². The molecule has 0 unspecified atom stereocenters. The number of carbonyl (C=O) groups excluding carboxylic acids is 2. The van der Waals surface area contributed by atoms with Gasteiger partial charge in [0.2, 0.25) is 5.91 Å². The number of rotatable bonds is 7. The molecule has 0 atom stereocenters. The number of nitrogens with one attached hydrogen (secondary N) is 1. The number of hydrogen-bond acceptors (Lipinski definition) is 8. The molecule has 1 N–H and O–H groups in total. The minimum atomic E-state index is -5.00. The zero-order valence-electron chi connectivity index (χ0n) is 23.5. The summed E-state index contributed by atoms with van der Waals surface area (Å²) < 4.78 is 55.2. The monoisotopic (exact) mass is 608 g/mol. The summed E-state index contributed by atoms with van der Waals surface area (Å²) >= 11 is 0. The summed E-state index contributed by atoms with van der Waals surface area (Å²) in [5.41, 5.74) is 1.02. The third-order valence-corrected chi connectivity index (χ3v) is 7.88. The van der Waals surface area contributed by atoms with E-state index in [1.165, 1.54) is 30.1 Å². The Bertz CT molecular complexity index is 1800. The molecule has 13 heteroatoms. The van der Waals surface area contributed by atoms with Crippen LogP contribution in [0.2, 0.25) is 0 Å². The first-order valence-electron chi connectivity index (χ1n) is 13.8. The fraction of sp³-hybridized carbons (Fsp3) is 0.290. The Labute approximate surface area is 249 Å². The highest BCUT2D eigenvalue weighted by Gasteiger charge is 2.54. The molecule has 1 aliphatic heterocycles. The standard InChI is InChI=1S/C31H27F3N4O6/c1-42-28(40)20-4-2-19(3-5-20)21-6-8-23-24(16-21)35-18-38(27(23)39)22-7-9-26(44-31(32,33)34)25(17-22)36-29(41)30(10-11-30)37-12-14-43-15-13-37/h2-9,16-18H,10-15H2,1H3,(H,36,41). The van der Waals surface area contributed by atoms with Crippen LogP contribution in [0.3, 0.4) is 0 Å². The predicted molar refractivity (Wildman–Crippen MR) is 154 cm³/mol. The number of alkyl halides is 3. The van der Waals surface area contributed by atoms with E-state index in [2.05, 4.69) is 15.0 Å². The lowest BCUT2D eigenvalue weighted by Crippen LogP contribution is -2.51. The quantitative estimate of drug-likeness (QED) is 0.305. The molecule has 4 aromatic rings. The third-order valence-electron chi connectivity index (χ3n) is 7.88. The number of amides is 1. The Morgan fingerprint density at radius 1 is 0.977 bits per heavy atom. The summed E-state index contributed by atoms with van der Waals surface area (Å²) in [6.07, 6.45) is -2.59. The number of carbonyl (C=O) groups is 2. The van der Waals surface area contributed by atoms with Gasteiger partial charge in [-0.3, -0.25) is 19.1 Å². The van der Waals surface area contributed by atoms with Gasteiger partial charge in [-0.05, 0) is 66.4 Å². The van der Waals surface area contributed by atoms with Crippen LogP contribution in [-0.4, -0.2) is 71.6 Å². The lowest BCUT2D eigenvalue weighted by atomic mass is 10.0. The summed E-state index contributed by atoms with van der Waals surface area (Å²) in [7, 11) is 1.30. The van der Waals surface area contributed by atoms with Crippen molar-refractivity contribution in [3.8, 4) is 22.6 Å². The van der Waals surface area contributed by atoms with E-state index in [0.29, 0.717) is 50.2 Å². The van der Waals surface area contributed by atoms with Crippen LogP contribution < -0.4 is 15.6 Å². The second-order valence-corrected chi connectivity index (χ2v) is 10.5. The second kappa shape index (κ2) is 11.4. The van der Waals surface area contributed by atoms with Crippen molar-refractivity contribution in [2.75, 3.05) is 38.7 Å². The van der Waals surface area contributed by atoms with Crippen molar-refractivity contribution in [2.24, 2.45) is 0 Å². The van der Waals surface area contributed by atoms with E-state index in [4.69, 9.17) is 9.47 Å². The predicted octanol–water partition coefficient (Wildman–Crippen LogP) is 4.54. The van der Waals surface area contributed by atoms with Gasteiger partial charge < -0.3 is 19.5 Å². The number of ether oxygens (including phenoxy) is 3. The molecule has 0 radical (unpaired) electrons. The van der Waals surface area contributed by atoms with Crippen LogP contribution >= 0.6 is 0 Å². The van der Waals surface area contributed by atoms with Gasteiger partial charge in [-0.1, -0.05) is 18.2 Å². The normalized spacial score (nSPS) is 16.4. The second-order valence-electron chi connectivity index (χ2n) is 10.5. The first kappa shape index (κ1) is 29.3. The number of esters is 1. The number of nitrogens with zero attached hydrogens (tertiary/aromatic N) is 3. The van der Waals surface area contributed by atoms with Crippen LogP contribution in [-0.2, 0) is 14.3 Å². The highest BCUT2D eigenvalue weighted by Crippen LogP contribution is 2.44. The number of methoxy groups -OCH3 is 1. The van der Waals surface area contributed by atoms with E-state index in [9.17, 15) is 27.6 Å². The minimum absolute atomic E-state index is 0.188. The fourth-order valence-electron chi connectivity index (χ4n) is 5.42. The van der Waals surface area contributed by atoms with Crippen molar-refractivity contribution in [2.45, 2.75) is 24.7 Å². The highest BCUT2D eigenvalue weighted by atomic mass is 19.4. The number of halogens is 3. The third kappa shape index (κ3) is 5.75. The Kier molecular flexibility index (Phi) is 7.59. The first-order chi connectivity index (χ1) is 21.1. The number of morpholine rings is 1. The zero-order chi connectivity index (χ0) is 31.1. The van der Waals surface area contributed by atoms with Gasteiger partial charge in [0, 0.05) is 13.1 Å². The number of fused-ring (bicyclic) bond motifs is 1. The molecule has 2 fully saturated rings. The summed E-state index contributed by atoms with van der Waals surface area (Å²) in [5, 5.41) is 2.90. The smallest absolute Gasteiger partial charge is 0.465 e. The Morgan fingerprint density at radius 3 is 2.34 bits per heavy atom. The van der Waals surface area contributed by atoms with Crippen molar-refractivity contribution < 1.29 is 37.0 Å². The average molecular weight is 609 g/mol. The van der Waals surface area contributed by atoms with Crippen molar-refractivity contribution in [3.05, 3.63) is 82.9 Å². The van der Waals surface area contributed by atoms with Crippen molar-refractivity contribution in [3.63, 3.8) is 0 Å².